The van der Waals surface area contributed by atoms with Crippen molar-refractivity contribution in [2.24, 2.45) is 5.41 Å². The Morgan fingerprint density at radius 3 is 2.03 bits per heavy atom. The van der Waals surface area contributed by atoms with Gasteiger partial charge in [0.1, 0.15) is 6.61 Å². The Kier molecular flexibility index (Phi) is 8.54. The number of nitrogens with one attached hydrogen (secondary N) is 1. The van der Waals surface area contributed by atoms with E-state index in [0.29, 0.717) is 12.8 Å². The summed E-state index contributed by atoms with van der Waals surface area (Å²) in [5.74, 6) is -1.12. The first-order valence-corrected chi connectivity index (χ1v) is 12.4. The molecule has 0 spiro atoms. The van der Waals surface area contributed by atoms with E-state index in [0.717, 1.165) is 22.3 Å². The molecule has 2 aromatic carbocycles. The van der Waals surface area contributed by atoms with Crippen LogP contribution in [0.25, 0.3) is 11.1 Å². The van der Waals surface area contributed by atoms with Crippen LogP contribution in [0.4, 0.5) is 4.79 Å². The van der Waals surface area contributed by atoms with E-state index in [1.54, 1.807) is 4.90 Å². The molecule has 0 unspecified atom stereocenters. The highest BCUT2D eigenvalue weighted by Gasteiger charge is 2.39. The summed E-state index contributed by atoms with van der Waals surface area (Å²) in [6.07, 6.45) is 0.352. The van der Waals surface area contributed by atoms with E-state index in [2.05, 4.69) is 29.6 Å². The van der Waals surface area contributed by atoms with E-state index in [9.17, 15) is 14.4 Å². The van der Waals surface area contributed by atoms with Gasteiger partial charge in [-0.2, -0.15) is 0 Å². The minimum Gasteiger partial charge on any atom is -0.481 e. The molecule has 7 nitrogen and oxygen atoms in total. The highest BCUT2D eigenvalue weighted by Crippen LogP contribution is 2.44. The first-order chi connectivity index (χ1) is 16.7. The lowest BCUT2D eigenvalue weighted by atomic mass is 9.80. The third-order valence-corrected chi connectivity index (χ3v) is 7.17. The molecule has 0 aromatic heterocycles. The molecule has 2 amide bonds. The first kappa shape index (κ1) is 26.3. The second-order valence-electron chi connectivity index (χ2n) is 9.40. The lowest BCUT2D eigenvalue weighted by Gasteiger charge is -2.38. The molecule has 3 rings (SSSR count). The average Bonchev–Trinajstić information content (AvgIpc) is 3.17. The average molecular weight is 481 g/mol. The number of hydrogen-bond donors (Lipinski definition) is 2. The fourth-order valence-electron chi connectivity index (χ4n) is 4.88. The van der Waals surface area contributed by atoms with Crippen molar-refractivity contribution in [1.29, 1.82) is 0 Å². The molecule has 0 bridgehead atoms. The van der Waals surface area contributed by atoms with Crippen molar-refractivity contribution in [2.75, 3.05) is 19.7 Å². The van der Waals surface area contributed by atoms with Crippen LogP contribution in [-0.4, -0.2) is 53.7 Å². The molecule has 0 aliphatic heterocycles. The van der Waals surface area contributed by atoms with Crippen LogP contribution in [0.3, 0.4) is 0 Å². The van der Waals surface area contributed by atoms with Crippen molar-refractivity contribution < 1.29 is 24.2 Å². The molecule has 0 atom stereocenters. The van der Waals surface area contributed by atoms with Gasteiger partial charge < -0.3 is 20.1 Å². The maximum Gasteiger partial charge on any atom is 0.407 e. The van der Waals surface area contributed by atoms with Gasteiger partial charge in [-0.05, 0) is 48.9 Å². The molecule has 1 aliphatic carbocycles. The molecule has 35 heavy (non-hydrogen) atoms. The maximum atomic E-state index is 13.5. The van der Waals surface area contributed by atoms with Crippen LogP contribution in [0.2, 0.25) is 0 Å². The molecule has 188 valence electrons. The number of carboxylic acid groups (broad SMARTS) is 1. The molecule has 1 aliphatic rings. The molecule has 0 radical (unpaired) electrons. The number of fused-ring (bicyclic) bond motifs is 3. The fourth-order valence-corrected chi connectivity index (χ4v) is 4.88. The largest absolute Gasteiger partial charge is 0.481 e. The van der Waals surface area contributed by atoms with Crippen molar-refractivity contribution in [3.05, 3.63) is 59.7 Å². The second-order valence-corrected chi connectivity index (χ2v) is 9.40. The highest BCUT2D eigenvalue weighted by atomic mass is 16.5. The molecule has 0 fully saturated rings. The standard InChI is InChI=1S/C28H36N2O5/c1-5-28(6-2,26(33)30(19(3)4)16-15-25(31)32)18-29-27(34)35-17-24-22-13-9-7-11-20(22)21-12-8-10-14-23(21)24/h7-14,19,24H,5-6,15-18H2,1-4H3,(H,29,34)(H,31,32). The van der Waals surface area contributed by atoms with E-state index in [1.165, 1.54) is 0 Å². The molecule has 0 heterocycles. The Balaban J connectivity index is 1.66. The number of carbonyl (C=O) groups is 3. The van der Waals surface area contributed by atoms with Crippen LogP contribution in [0.1, 0.15) is 64.0 Å². The predicted molar refractivity (Wildman–Crippen MR) is 135 cm³/mol. The number of ether oxygens (including phenoxy) is 1. The van der Waals surface area contributed by atoms with E-state index in [-0.39, 0.29) is 44.0 Å². The number of carboxylic acids is 1. The first-order valence-electron chi connectivity index (χ1n) is 12.4. The van der Waals surface area contributed by atoms with E-state index >= 15 is 0 Å². The molecule has 0 saturated carbocycles. The summed E-state index contributed by atoms with van der Waals surface area (Å²) in [4.78, 5) is 38.9. The lowest BCUT2D eigenvalue weighted by molar-refractivity contribution is -0.145. The molecular weight excluding hydrogens is 444 g/mol. The van der Waals surface area contributed by atoms with Crippen molar-refractivity contribution in [2.45, 2.75) is 58.9 Å². The molecule has 2 N–H and O–H groups in total. The van der Waals surface area contributed by atoms with Gasteiger partial charge in [0.25, 0.3) is 0 Å². The van der Waals surface area contributed by atoms with Crippen molar-refractivity contribution in [1.82, 2.24) is 10.2 Å². The van der Waals surface area contributed by atoms with Gasteiger partial charge in [0.05, 0.1) is 11.8 Å². The van der Waals surface area contributed by atoms with Gasteiger partial charge >= 0.3 is 12.1 Å². The minimum atomic E-state index is -0.946. The number of aliphatic carboxylic acids is 1. The van der Waals surface area contributed by atoms with Crippen LogP contribution < -0.4 is 5.32 Å². The van der Waals surface area contributed by atoms with Gasteiger partial charge in [0, 0.05) is 25.0 Å². The summed E-state index contributed by atoms with van der Waals surface area (Å²) in [6, 6.07) is 16.2. The summed E-state index contributed by atoms with van der Waals surface area (Å²) in [6.45, 7) is 8.04. The van der Waals surface area contributed by atoms with Crippen molar-refractivity contribution in [3.8, 4) is 11.1 Å². The van der Waals surface area contributed by atoms with Gasteiger partial charge in [0.15, 0.2) is 0 Å². The van der Waals surface area contributed by atoms with Crippen LogP contribution in [-0.2, 0) is 14.3 Å². The molecule has 7 heteroatoms. The van der Waals surface area contributed by atoms with Crippen molar-refractivity contribution >= 4 is 18.0 Å². The number of alkyl carbamates (subject to hydrolysis) is 1. The minimum absolute atomic E-state index is 0.0376. The quantitative estimate of drug-likeness (QED) is 0.470. The van der Waals surface area contributed by atoms with E-state index in [1.807, 2.05) is 52.0 Å². The normalized spacial score (nSPS) is 12.7. The summed E-state index contributed by atoms with van der Waals surface area (Å²) in [5.41, 5.74) is 3.77. The summed E-state index contributed by atoms with van der Waals surface area (Å²) in [7, 11) is 0. The zero-order chi connectivity index (χ0) is 25.6. The Labute approximate surface area is 207 Å². The van der Waals surface area contributed by atoms with Gasteiger partial charge in [0.2, 0.25) is 5.91 Å². The van der Waals surface area contributed by atoms with Crippen LogP contribution >= 0.6 is 0 Å². The van der Waals surface area contributed by atoms with Gasteiger partial charge in [-0.3, -0.25) is 9.59 Å². The predicted octanol–water partition coefficient (Wildman–Crippen LogP) is 5.04. The summed E-state index contributed by atoms with van der Waals surface area (Å²) in [5, 5.41) is 11.9. The van der Waals surface area contributed by atoms with Crippen LogP contribution in [0.5, 0.6) is 0 Å². The Morgan fingerprint density at radius 1 is 1.00 bits per heavy atom. The number of hydrogen-bond acceptors (Lipinski definition) is 4. The van der Waals surface area contributed by atoms with E-state index in [4.69, 9.17) is 9.84 Å². The third-order valence-electron chi connectivity index (χ3n) is 7.17. The third kappa shape index (κ3) is 5.66. The highest BCUT2D eigenvalue weighted by molar-refractivity contribution is 5.84. The molecular formula is C28H36N2O5. The Hall–Kier alpha value is -3.35. The van der Waals surface area contributed by atoms with Crippen LogP contribution in [0.15, 0.2) is 48.5 Å². The second kappa shape index (κ2) is 11.4. The summed E-state index contributed by atoms with van der Waals surface area (Å²) >= 11 is 0. The van der Waals surface area contributed by atoms with Gasteiger partial charge in [-0.25, -0.2) is 4.79 Å². The number of nitrogens with zero attached hydrogens (tertiary/aromatic N) is 1. The Morgan fingerprint density at radius 2 is 1.54 bits per heavy atom. The summed E-state index contributed by atoms with van der Waals surface area (Å²) < 4.78 is 5.64. The zero-order valence-corrected chi connectivity index (χ0v) is 21.0. The van der Waals surface area contributed by atoms with Crippen LogP contribution in [0, 0.1) is 5.41 Å². The fraction of sp³-hybridized carbons (Fsp3) is 0.464. The monoisotopic (exact) mass is 480 g/mol. The number of carbonyl (C=O) groups excluding carboxylic acids is 2. The van der Waals surface area contributed by atoms with Gasteiger partial charge in [-0.15, -0.1) is 0 Å². The Bertz CT molecular complexity index is 1020. The topological polar surface area (TPSA) is 95.9 Å². The lowest BCUT2D eigenvalue weighted by Crippen LogP contribution is -2.52. The number of benzene rings is 2. The number of rotatable bonds is 11. The van der Waals surface area contributed by atoms with Gasteiger partial charge in [-0.1, -0.05) is 62.4 Å². The number of amides is 2. The zero-order valence-electron chi connectivity index (χ0n) is 21.0. The SMILES string of the molecule is CCC(CC)(CNC(=O)OCC1c2ccccc2-c2ccccc21)C(=O)N(CCC(=O)O)C(C)C. The van der Waals surface area contributed by atoms with E-state index < -0.39 is 17.5 Å². The maximum absolute atomic E-state index is 13.5. The van der Waals surface area contributed by atoms with Crippen molar-refractivity contribution in [3.63, 3.8) is 0 Å². The molecule has 2 aromatic rings. The smallest absolute Gasteiger partial charge is 0.407 e. The molecule has 0 saturated heterocycles.